The Labute approximate surface area is 225 Å². The molecule has 38 heavy (non-hydrogen) atoms. The van der Waals surface area contributed by atoms with E-state index >= 15 is 0 Å². The molecule has 1 saturated carbocycles. The number of aliphatic carboxylic acids is 1. The van der Waals surface area contributed by atoms with E-state index in [1.807, 2.05) is 51.1 Å². The van der Waals surface area contributed by atoms with Gasteiger partial charge in [0.25, 0.3) is 0 Å². The molecule has 0 saturated heterocycles. The number of rotatable bonds is 15. The van der Waals surface area contributed by atoms with Crippen molar-refractivity contribution in [1.82, 2.24) is 5.32 Å². The first-order valence-corrected chi connectivity index (χ1v) is 13.7. The van der Waals surface area contributed by atoms with Crippen molar-refractivity contribution in [3.63, 3.8) is 0 Å². The maximum Gasteiger partial charge on any atom is 0.329 e. The fourth-order valence-corrected chi connectivity index (χ4v) is 5.42. The van der Waals surface area contributed by atoms with Gasteiger partial charge in [0, 0.05) is 5.92 Å². The van der Waals surface area contributed by atoms with Gasteiger partial charge in [-0.1, -0.05) is 43.7 Å². The fourth-order valence-electron chi connectivity index (χ4n) is 5.42. The molecule has 3 rings (SSSR count). The lowest BCUT2D eigenvalue weighted by atomic mass is 9.69. The summed E-state index contributed by atoms with van der Waals surface area (Å²) in [6, 6.07) is 13.9. The maximum absolute atomic E-state index is 13.5. The standard InChI is InChI=1S/C31H41NO6/c1-5-37-26-17-24(18-27(38-6-2)28(26)22(4)33)16-25(15-11-10-14-23-12-8-7-9-13-23)29(34)32-31(30(35)36)19-21(3)20-31/h7-9,12-13,17-18,21,25H,5-6,10-11,14-16,19-20H2,1-4H3,(H,32,34)(H,35,36). The Morgan fingerprint density at radius 3 is 2.11 bits per heavy atom. The third-order valence-corrected chi connectivity index (χ3v) is 7.21. The summed E-state index contributed by atoms with van der Waals surface area (Å²) in [5, 5.41) is 12.7. The lowest BCUT2D eigenvalue weighted by Crippen LogP contribution is -2.63. The molecule has 7 nitrogen and oxygen atoms in total. The number of hydrogen-bond donors (Lipinski definition) is 2. The van der Waals surface area contributed by atoms with Crippen LogP contribution in [0, 0.1) is 11.8 Å². The first-order valence-electron chi connectivity index (χ1n) is 13.7. The van der Waals surface area contributed by atoms with Gasteiger partial charge in [0.05, 0.1) is 13.2 Å². The second-order valence-electron chi connectivity index (χ2n) is 10.4. The van der Waals surface area contributed by atoms with E-state index in [-0.39, 0.29) is 17.6 Å². The molecule has 7 heteroatoms. The second-order valence-corrected chi connectivity index (χ2v) is 10.4. The summed E-state index contributed by atoms with van der Waals surface area (Å²) >= 11 is 0. The average Bonchev–Trinajstić information content (AvgIpc) is 2.85. The number of Topliss-reactive ketones (excluding diaryl/α,β-unsaturated/α-hetero) is 1. The molecule has 1 amide bonds. The molecule has 2 aromatic carbocycles. The van der Waals surface area contributed by atoms with Crippen molar-refractivity contribution >= 4 is 17.7 Å². The number of carbonyl (C=O) groups is 3. The zero-order chi connectivity index (χ0) is 27.7. The minimum absolute atomic E-state index is 0.152. The molecule has 0 spiro atoms. The molecule has 1 aliphatic carbocycles. The van der Waals surface area contributed by atoms with Crippen LogP contribution in [0.1, 0.15) is 81.3 Å². The number of benzene rings is 2. The van der Waals surface area contributed by atoms with Crippen molar-refractivity contribution < 1.29 is 29.0 Å². The molecule has 0 aliphatic heterocycles. The Morgan fingerprint density at radius 2 is 1.61 bits per heavy atom. The number of unbranched alkanes of at least 4 members (excludes halogenated alkanes) is 1. The third kappa shape index (κ3) is 7.36. The van der Waals surface area contributed by atoms with Crippen molar-refractivity contribution in [3.8, 4) is 11.5 Å². The summed E-state index contributed by atoms with van der Waals surface area (Å²) in [5.74, 6) is -0.651. The van der Waals surface area contributed by atoms with Gasteiger partial charge in [-0.3, -0.25) is 9.59 Å². The molecular weight excluding hydrogens is 482 g/mol. The fraction of sp³-hybridized carbons (Fsp3) is 0.516. The number of nitrogens with one attached hydrogen (secondary N) is 1. The Kier molecular flexibility index (Phi) is 10.3. The van der Waals surface area contributed by atoms with Crippen LogP contribution in [0.2, 0.25) is 0 Å². The first-order chi connectivity index (χ1) is 18.2. The second kappa shape index (κ2) is 13.4. The minimum atomic E-state index is -1.19. The van der Waals surface area contributed by atoms with Gasteiger partial charge in [0.2, 0.25) is 5.91 Å². The Balaban J connectivity index is 1.83. The highest BCUT2D eigenvalue weighted by Crippen LogP contribution is 2.38. The topological polar surface area (TPSA) is 102 Å². The maximum atomic E-state index is 13.5. The quantitative estimate of drug-likeness (QED) is 0.232. The molecule has 0 heterocycles. The van der Waals surface area contributed by atoms with Crippen LogP contribution in [0.5, 0.6) is 11.5 Å². The number of amides is 1. The van der Waals surface area contributed by atoms with E-state index in [2.05, 4.69) is 17.4 Å². The number of carboxylic acid groups (broad SMARTS) is 1. The van der Waals surface area contributed by atoms with E-state index in [0.717, 1.165) is 24.8 Å². The van der Waals surface area contributed by atoms with Crippen LogP contribution in [-0.2, 0) is 22.4 Å². The number of ether oxygens (including phenoxy) is 2. The number of carboxylic acids is 1. The van der Waals surface area contributed by atoms with Crippen molar-refractivity contribution in [2.24, 2.45) is 11.8 Å². The predicted octanol–water partition coefficient (Wildman–Crippen LogP) is 5.63. The van der Waals surface area contributed by atoms with Gasteiger partial charge >= 0.3 is 5.97 Å². The summed E-state index contributed by atoms with van der Waals surface area (Å²) in [6.45, 7) is 7.95. The lowest BCUT2D eigenvalue weighted by Gasteiger charge is -2.44. The Hall–Kier alpha value is -3.35. The van der Waals surface area contributed by atoms with Crippen LogP contribution in [0.25, 0.3) is 0 Å². The monoisotopic (exact) mass is 523 g/mol. The first kappa shape index (κ1) is 29.2. The number of aryl methyl sites for hydroxylation is 1. The van der Waals surface area contributed by atoms with E-state index in [9.17, 15) is 19.5 Å². The van der Waals surface area contributed by atoms with E-state index in [1.54, 1.807) is 0 Å². The number of ketones is 1. The smallest absolute Gasteiger partial charge is 0.329 e. The van der Waals surface area contributed by atoms with E-state index in [4.69, 9.17) is 9.47 Å². The summed E-state index contributed by atoms with van der Waals surface area (Å²) in [7, 11) is 0. The minimum Gasteiger partial charge on any atom is -0.493 e. The lowest BCUT2D eigenvalue weighted by molar-refractivity contribution is -0.154. The molecule has 1 fully saturated rings. The van der Waals surface area contributed by atoms with Gasteiger partial charge in [-0.25, -0.2) is 4.79 Å². The van der Waals surface area contributed by atoms with Crippen LogP contribution in [0.4, 0.5) is 0 Å². The highest BCUT2D eigenvalue weighted by Gasteiger charge is 2.50. The van der Waals surface area contributed by atoms with Crippen LogP contribution in [-0.4, -0.2) is 41.5 Å². The van der Waals surface area contributed by atoms with Gasteiger partial charge in [-0.2, -0.15) is 0 Å². The molecule has 0 radical (unpaired) electrons. The van der Waals surface area contributed by atoms with E-state index in [1.165, 1.54) is 12.5 Å². The van der Waals surface area contributed by atoms with Crippen molar-refractivity contribution in [2.75, 3.05) is 13.2 Å². The molecule has 1 unspecified atom stereocenters. The van der Waals surface area contributed by atoms with Gasteiger partial charge in [0.15, 0.2) is 5.78 Å². The molecule has 206 valence electrons. The molecule has 2 N–H and O–H groups in total. The number of hydrogen-bond acceptors (Lipinski definition) is 5. The Bertz CT molecular complexity index is 1080. The molecule has 0 aromatic heterocycles. The van der Waals surface area contributed by atoms with Crippen molar-refractivity contribution in [2.45, 2.75) is 78.2 Å². The van der Waals surface area contributed by atoms with Crippen molar-refractivity contribution in [1.29, 1.82) is 0 Å². The van der Waals surface area contributed by atoms with Crippen molar-refractivity contribution in [3.05, 3.63) is 59.2 Å². The largest absolute Gasteiger partial charge is 0.493 e. The number of carbonyl (C=O) groups excluding carboxylic acids is 2. The SMILES string of the molecule is CCOc1cc(CC(CCCCc2ccccc2)C(=O)NC2(C(=O)O)CC(C)C2)cc(OCC)c1C(C)=O. The van der Waals surface area contributed by atoms with Crippen LogP contribution >= 0.6 is 0 Å². The highest BCUT2D eigenvalue weighted by molar-refractivity contribution is 5.99. The molecular formula is C31H41NO6. The van der Waals surface area contributed by atoms with Gasteiger partial charge in [-0.05, 0) is 88.5 Å². The molecule has 0 bridgehead atoms. The van der Waals surface area contributed by atoms with Crippen LogP contribution < -0.4 is 14.8 Å². The van der Waals surface area contributed by atoms with E-state index < -0.39 is 17.4 Å². The van der Waals surface area contributed by atoms with Gasteiger partial charge in [-0.15, -0.1) is 0 Å². The van der Waals surface area contributed by atoms with Crippen LogP contribution in [0.15, 0.2) is 42.5 Å². The van der Waals surface area contributed by atoms with Crippen LogP contribution in [0.3, 0.4) is 0 Å². The summed E-state index contributed by atoms with van der Waals surface area (Å²) in [4.78, 5) is 38.0. The highest BCUT2D eigenvalue weighted by atomic mass is 16.5. The Morgan fingerprint density at radius 1 is 1.00 bits per heavy atom. The average molecular weight is 524 g/mol. The zero-order valence-electron chi connectivity index (χ0n) is 23.0. The summed E-state index contributed by atoms with van der Waals surface area (Å²) in [5.41, 5.74) is 1.28. The van der Waals surface area contributed by atoms with E-state index in [0.29, 0.717) is 56.0 Å². The summed E-state index contributed by atoms with van der Waals surface area (Å²) < 4.78 is 11.6. The summed E-state index contributed by atoms with van der Waals surface area (Å²) in [6.07, 6.45) is 4.55. The molecule has 2 aromatic rings. The predicted molar refractivity (Wildman–Crippen MR) is 147 cm³/mol. The third-order valence-electron chi connectivity index (χ3n) is 7.21. The molecule has 1 aliphatic rings. The van der Waals surface area contributed by atoms with Gasteiger partial charge < -0.3 is 19.9 Å². The normalized spacial score (nSPS) is 19.2. The molecule has 1 atom stereocenters. The zero-order valence-corrected chi connectivity index (χ0v) is 23.0. The van der Waals surface area contributed by atoms with Gasteiger partial charge in [0.1, 0.15) is 22.6 Å².